The molecule has 0 atom stereocenters. The molecule has 0 unspecified atom stereocenters. The van der Waals surface area contributed by atoms with Crippen molar-refractivity contribution in [2.24, 2.45) is 5.18 Å². The van der Waals surface area contributed by atoms with Crippen LogP contribution in [0.4, 0.5) is 0 Å². The fourth-order valence-corrected chi connectivity index (χ4v) is 2.23. The maximum atomic E-state index is 11.2. The quantitative estimate of drug-likeness (QED) is 0.163. The molecule has 1 amide bonds. The van der Waals surface area contributed by atoms with E-state index in [1.807, 2.05) is 0 Å². The zero-order valence-electron chi connectivity index (χ0n) is 17.8. The van der Waals surface area contributed by atoms with Crippen LogP contribution in [-0.4, -0.2) is 18.1 Å². The molecule has 0 aliphatic heterocycles. The van der Waals surface area contributed by atoms with Crippen molar-refractivity contribution in [3.05, 3.63) is 65.7 Å². The van der Waals surface area contributed by atoms with E-state index >= 15 is 0 Å². The highest BCUT2D eigenvalue weighted by Gasteiger charge is 2.29. The van der Waals surface area contributed by atoms with Crippen LogP contribution in [-0.2, 0) is 9.53 Å². The van der Waals surface area contributed by atoms with Gasteiger partial charge in [0.2, 0.25) is 0 Å². The van der Waals surface area contributed by atoms with E-state index in [-0.39, 0.29) is 0 Å². The first-order chi connectivity index (χ1) is 13.5. The lowest BCUT2D eigenvalue weighted by atomic mass is 10.1. The number of allylic oxidation sites excluding steroid dienone is 10. The molecule has 0 aliphatic carbocycles. The Morgan fingerprint density at radius 2 is 1.25 bits per heavy atom. The van der Waals surface area contributed by atoms with Gasteiger partial charge in [0.1, 0.15) is 5.60 Å². The van der Waals surface area contributed by atoms with Gasteiger partial charge in [-0.15, -0.1) is 4.91 Å². The largest absolute Gasteiger partial charge is 0.366 e. The third-order valence-corrected chi connectivity index (χ3v) is 3.98. The first-order valence-electron chi connectivity index (χ1n) is 10.3. The van der Waals surface area contributed by atoms with Gasteiger partial charge in [0.25, 0.3) is 0 Å². The number of amides is 1. The van der Waals surface area contributed by atoms with Crippen molar-refractivity contribution in [1.82, 2.24) is 0 Å². The summed E-state index contributed by atoms with van der Waals surface area (Å²) >= 11 is 0. The number of hydrogen-bond donors (Lipinski definition) is 0. The summed E-state index contributed by atoms with van der Waals surface area (Å²) in [6, 6.07) is 0. The van der Waals surface area contributed by atoms with Crippen LogP contribution in [0, 0.1) is 4.91 Å². The smallest absolute Gasteiger partial charge is 0.317 e. The first kappa shape index (κ1) is 25.9. The molecule has 4 nitrogen and oxygen atoms in total. The predicted molar refractivity (Wildman–Crippen MR) is 119 cm³/mol. The van der Waals surface area contributed by atoms with E-state index in [2.05, 4.69) is 72.9 Å². The summed E-state index contributed by atoms with van der Waals surface area (Å²) in [5.74, 6) is -0.759. The first-order valence-corrected chi connectivity index (χ1v) is 10.3. The number of carbonyl (C=O) groups excluding carboxylic acids is 1. The third-order valence-electron chi connectivity index (χ3n) is 3.98. The van der Waals surface area contributed by atoms with Gasteiger partial charge in [-0.25, -0.2) is 0 Å². The van der Waals surface area contributed by atoms with Crippen LogP contribution >= 0.6 is 0 Å². The number of nitrogens with zero attached hydrogens (tertiary/aromatic N) is 1. The van der Waals surface area contributed by atoms with Crippen molar-refractivity contribution in [1.29, 1.82) is 0 Å². The van der Waals surface area contributed by atoms with E-state index in [1.165, 1.54) is 0 Å². The molecule has 0 heterocycles. The van der Waals surface area contributed by atoms with Gasteiger partial charge in [-0.05, 0) is 65.2 Å². The Labute approximate surface area is 171 Å². The molecule has 0 N–H and O–H groups in total. The molecule has 28 heavy (non-hydrogen) atoms. The molecule has 0 aliphatic rings. The minimum Gasteiger partial charge on any atom is -0.366 e. The standard InChI is InChI=1S/C24H37NO3/c1-4-5-6-7-8-9-10-11-12-13-14-15-16-17-18-19-20-21-22-28-24(2,3)23(26)25-27/h5-6,8-9,11-12,14-15,17-18H,4,7,10,13,16,19-22H2,1-3H3/b6-5-,9-8-,12-11-,15-14-,18-17-. The van der Waals surface area contributed by atoms with E-state index in [9.17, 15) is 9.70 Å². The van der Waals surface area contributed by atoms with E-state index < -0.39 is 11.5 Å². The zero-order chi connectivity index (χ0) is 20.9. The van der Waals surface area contributed by atoms with Gasteiger partial charge < -0.3 is 4.74 Å². The molecule has 0 aromatic rings. The number of carbonyl (C=O) groups is 1. The molecular weight excluding hydrogens is 350 g/mol. The predicted octanol–water partition coefficient (Wildman–Crippen LogP) is 7.00. The van der Waals surface area contributed by atoms with Crippen molar-refractivity contribution in [3.8, 4) is 0 Å². The highest BCUT2D eigenvalue weighted by Crippen LogP contribution is 2.12. The average Bonchev–Trinajstić information content (AvgIpc) is 2.69. The molecular formula is C24H37NO3. The molecule has 0 saturated heterocycles. The van der Waals surface area contributed by atoms with Gasteiger partial charge in [-0.2, -0.15) is 0 Å². The number of ether oxygens (including phenoxy) is 1. The Morgan fingerprint density at radius 1 is 0.786 bits per heavy atom. The van der Waals surface area contributed by atoms with Crippen LogP contribution in [0.5, 0.6) is 0 Å². The number of hydrogen-bond acceptors (Lipinski definition) is 3. The van der Waals surface area contributed by atoms with Crippen LogP contribution in [0.25, 0.3) is 0 Å². The highest BCUT2D eigenvalue weighted by molar-refractivity contribution is 5.84. The third kappa shape index (κ3) is 16.1. The van der Waals surface area contributed by atoms with Gasteiger partial charge in [0, 0.05) is 11.8 Å². The molecule has 0 rings (SSSR count). The Morgan fingerprint density at radius 3 is 1.71 bits per heavy atom. The lowest BCUT2D eigenvalue weighted by molar-refractivity contribution is -0.139. The fraction of sp³-hybridized carbons (Fsp3) is 0.542. The van der Waals surface area contributed by atoms with Gasteiger partial charge in [0.05, 0.1) is 0 Å². The van der Waals surface area contributed by atoms with Crippen LogP contribution in [0.1, 0.15) is 72.1 Å². The van der Waals surface area contributed by atoms with Crippen molar-refractivity contribution >= 4 is 5.91 Å². The molecule has 0 bridgehead atoms. The van der Waals surface area contributed by atoms with Gasteiger partial charge in [-0.3, -0.25) is 4.79 Å². The van der Waals surface area contributed by atoms with Crippen molar-refractivity contribution in [2.45, 2.75) is 77.7 Å². The normalized spacial score (nSPS) is 13.1. The molecule has 0 spiro atoms. The minimum absolute atomic E-state index is 0.457. The summed E-state index contributed by atoms with van der Waals surface area (Å²) in [5.41, 5.74) is -1.11. The van der Waals surface area contributed by atoms with Gasteiger partial charge in [0.15, 0.2) is 0 Å². The Balaban J connectivity index is 3.59. The molecule has 0 saturated carbocycles. The highest BCUT2D eigenvalue weighted by atomic mass is 16.5. The Kier molecular flexibility index (Phi) is 16.9. The maximum Gasteiger partial charge on any atom is 0.317 e. The second-order valence-electron chi connectivity index (χ2n) is 6.96. The molecule has 0 aromatic heterocycles. The summed E-state index contributed by atoms with van der Waals surface area (Å²) in [7, 11) is 0. The zero-order valence-corrected chi connectivity index (χ0v) is 17.8. The van der Waals surface area contributed by atoms with Crippen LogP contribution in [0.3, 0.4) is 0 Å². The summed E-state index contributed by atoms with van der Waals surface area (Å²) in [6.45, 7) is 5.74. The summed E-state index contributed by atoms with van der Waals surface area (Å²) in [4.78, 5) is 21.5. The van der Waals surface area contributed by atoms with Crippen molar-refractivity contribution in [2.75, 3.05) is 6.61 Å². The van der Waals surface area contributed by atoms with Gasteiger partial charge >= 0.3 is 5.91 Å². The average molecular weight is 388 g/mol. The summed E-state index contributed by atoms with van der Waals surface area (Å²) in [6.07, 6.45) is 29.7. The number of nitroso groups, excluding NO2 is 1. The van der Waals surface area contributed by atoms with E-state index in [1.54, 1.807) is 13.8 Å². The number of unbranched alkanes of at least 4 members (excludes halogenated alkanes) is 2. The van der Waals surface area contributed by atoms with E-state index in [0.29, 0.717) is 6.61 Å². The molecule has 156 valence electrons. The van der Waals surface area contributed by atoms with E-state index in [0.717, 1.165) is 51.4 Å². The lowest BCUT2D eigenvalue weighted by Crippen LogP contribution is -2.33. The maximum absolute atomic E-state index is 11.2. The fourth-order valence-electron chi connectivity index (χ4n) is 2.23. The monoisotopic (exact) mass is 387 g/mol. The van der Waals surface area contributed by atoms with Crippen molar-refractivity contribution in [3.63, 3.8) is 0 Å². The molecule has 0 fully saturated rings. The second-order valence-corrected chi connectivity index (χ2v) is 6.96. The SMILES string of the molecule is CC/C=C\C/C=C\C/C=C\C/C=C\C/C=C\CCCCOC(C)(C)C(=O)N=O. The van der Waals surface area contributed by atoms with Crippen LogP contribution < -0.4 is 0 Å². The molecule has 0 aromatic carbocycles. The molecule has 0 radical (unpaired) electrons. The number of rotatable bonds is 16. The summed E-state index contributed by atoms with van der Waals surface area (Å²) in [5, 5.41) is 2.42. The Hall–Kier alpha value is -2.07. The van der Waals surface area contributed by atoms with Gasteiger partial charge in [-0.1, -0.05) is 67.7 Å². The lowest BCUT2D eigenvalue weighted by Gasteiger charge is -2.19. The minimum atomic E-state index is -1.11. The summed E-state index contributed by atoms with van der Waals surface area (Å²) < 4.78 is 5.42. The van der Waals surface area contributed by atoms with Crippen LogP contribution in [0.15, 0.2) is 65.9 Å². The van der Waals surface area contributed by atoms with E-state index in [4.69, 9.17) is 4.74 Å². The van der Waals surface area contributed by atoms with Crippen LogP contribution in [0.2, 0.25) is 0 Å². The van der Waals surface area contributed by atoms with Crippen molar-refractivity contribution < 1.29 is 9.53 Å². The second kappa shape index (κ2) is 18.3. The topological polar surface area (TPSA) is 55.7 Å². The Bertz CT molecular complexity index is 554. The molecule has 4 heteroatoms.